The van der Waals surface area contributed by atoms with Crippen molar-refractivity contribution in [2.24, 2.45) is 0 Å². The Kier molecular flexibility index (Phi) is 5.33. The number of nitrogens with one attached hydrogen (secondary N) is 2. The van der Waals surface area contributed by atoms with Crippen molar-refractivity contribution in [1.82, 2.24) is 15.3 Å². The lowest BCUT2D eigenvalue weighted by molar-refractivity contribution is 0.102. The Labute approximate surface area is 166 Å². The SMILES string of the molecule is O=C(Nc1cnccc1N1CCNCC1)c1csc(-c2ccc(Cl)cc2)n1. The van der Waals surface area contributed by atoms with Crippen molar-refractivity contribution >= 4 is 40.2 Å². The zero-order chi connectivity index (χ0) is 18.6. The van der Waals surface area contributed by atoms with Gasteiger partial charge in [0.15, 0.2) is 0 Å². The molecule has 1 saturated heterocycles. The summed E-state index contributed by atoms with van der Waals surface area (Å²) < 4.78 is 0. The highest BCUT2D eigenvalue weighted by Gasteiger charge is 2.18. The van der Waals surface area contributed by atoms with Crippen LogP contribution in [-0.2, 0) is 0 Å². The zero-order valence-electron chi connectivity index (χ0n) is 14.5. The van der Waals surface area contributed by atoms with Crippen molar-refractivity contribution in [1.29, 1.82) is 0 Å². The van der Waals surface area contributed by atoms with Gasteiger partial charge in [0.2, 0.25) is 0 Å². The third-order valence-corrected chi connectivity index (χ3v) is 5.48. The van der Waals surface area contributed by atoms with E-state index in [0.717, 1.165) is 42.4 Å². The standard InChI is InChI=1S/C19H18ClN5OS/c20-14-3-1-13(2-4-14)19-24-16(12-27-19)18(26)23-15-11-22-6-5-17(15)25-9-7-21-8-10-25/h1-6,11-12,21H,7-10H2,(H,23,26). The second-order valence-corrected chi connectivity index (χ2v) is 7.42. The van der Waals surface area contributed by atoms with E-state index in [4.69, 9.17) is 11.6 Å². The number of aromatic nitrogens is 2. The first kappa shape index (κ1) is 17.9. The highest BCUT2D eigenvalue weighted by atomic mass is 35.5. The van der Waals surface area contributed by atoms with Crippen LogP contribution in [0.5, 0.6) is 0 Å². The number of nitrogens with zero attached hydrogens (tertiary/aromatic N) is 3. The van der Waals surface area contributed by atoms with Crippen LogP contribution in [0, 0.1) is 0 Å². The summed E-state index contributed by atoms with van der Waals surface area (Å²) in [6.45, 7) is 3.63. The van der Waals surface area contributed by atoms with Gasteiger partial charge in [-0.25, -0.2) is 4.98 Å². The highest BCUT2D eigenvalue weighted by molar-refractivity contribution is 7.13. The molecule has 8 heteroatoms. The van der Waals surface area contributed by atoms with Crippen molar-refractivity contribution in [3.8, 4) is 10.6 Å². The molecule has 1 aliphatic rings. The first-order valence-corrected chi connectivity index (χ1v) is 9.89. The smallest absolute Gasteiger partial charge is 0.275 e. The van der Waals surface area contributed by atoms with E-state index in [9.17, 15) is 4.79 Å². The quantitative estimate of drug-likeness (QED) is 0.702. The Morgan fingerprint density at radius 2 is 1.96 bits per heavy atom. The summed E-state index contributed by atoms with van der Waals surface area (Å²) in [4.78, 5) is 23.6. The summed E-state index contributed by atoms with van der Waals surface area (Å²) >= 11 is 7.36. The van der Waals surface area contributed by atoms with Crippen molar-refractivity contribution in [2.45, 2.75) is 0 Å². The number of halogens is 1. The molecule has 0 saturated carbocycles. The van der Waals surface area contributed by atoms with Crippen LogP contribution in [0.3, 0.4) is 0 Å². The molecule has 0 radical (unpaired) electrons. The van der Waals surface area contributed by atoms with E-state index >= 15 is 0 Å². The normalized spacial score (nSPS) is 14.2. The minimum absolute atomic E-state index is 0.240. The molecule has 27 heavy (non-hydrogen) atoms. The Bertz CT molecular complexity index is 937. The van der Waals surface area contributed by atoms with Crippen LogP contribution in [0.2, 0.25) is 5.02 Å². The minimum Gasteiger partial charge on any atom is -0.367 e. The largest absolute Gasteiger partial charge is 0.367 e. The number of thiazole rings is 1. The fourth-order valence-electron chi connectivity index (χ4n) is 2.95. The predicted octanol–water partition coefficient (Wildman–Crippen LogP) is 3.52. The van der Waals surface area contributed by atoms with Crippen LogP contribution in [0.15, 0.2) is 48.1 Å². The van der Waals surface area contributed by atoms with Crippen LogP contribution in [0.1, 0.15) is 10.5 Å². The number of carbonyl (C=O) groups excluding carboxylic acids is 1. The highest BCUT2D eigenvalue weighted by Crippen LogP contribution is 2.28. The fraction of sp³-hybridized carbons (Fsp3) is 0.211. The number of pyridine rings is 1. The molecule has 1 aliphatic heterocycles. The molecule has 0 spiro atoms. The Morgan fingerprint density at radius 1 is 1.19 bits per heavy atom. The molecule has 138 valence electrons. The second kappa shape index (κ2) is 8.04. The molecule has 6 nitrogen and oxygen atoms in total. The maximum atomic E-state index is 12.7. The van der Waals surface area contributed by atoms with Crippen LogP contribution >= 0.6 is 22.9 Å². The predicted molar refractivity (Wildman–Crippen MR) is 110 cm³/mol. The zero-order valence-corrected chi connectivity index (χ0v) is 16.1. The van der Waals surface area contributed by atoms with Crippen molar-refractivity contribution in [3.05, 3.63) is 58.8 Å². The van der Waals surface area contributed by atoms with Crippen LogP contribution < -0.4 is 15.5 Å². The van der Waals surface area contributed by atoms with Gasteiger partial charge in [0.1, 0.15) is 10.7 Å². The molecular formula is C19H18ClN5OS. The maximum absolute atomic E-state index is 12.7. The molecule has 2 N–H and O–H groups in total. The van der Waals surface area contributed by atoms with E-state index in [0.29, 0.717) is 16.4 Å². The summed E-state index contributed by atoms with van der Waals surface area (Å²) in [5.74, 6) is -0.240. The fourth-order valence-corrected chi connectivity index (χ4v) is 3.89. The van der Waals surface area contributed by atoms with Gasteiger partial charge in [-0.15, -0.1) is 11.3 Å². The van der Waals surface area contributed by atoms with E-state index in [-0.39, 0.29) is 5.91 Å². The first-order valence-electron chi connectivity index (χ1n) is 8.63. The Morgan fingerprint density at radius 3 is 2.74 bits per heavy atom. The number of hydrogen-bond donors (Lipinski definition) is 2. The van der Waals surface area contributed by atoms with Crippen molar-refractivity contribution in [2.75, 3.05) is 36.4 Å². The van der Waals surface area contributed by atoms with E-state index in [1.807, 2.05) is 30.3 Å². The number of hydrogen-bond acceptors (Lipinski definition) is 6. The van der Waals surface area contributed by atoms with Crippen LogP contribution in [-0.4, -0.2) is 42.1 Å². The van der Waals surface area contributed by atoms with Crippen molar-refractivity contribution in [3.63, 3.8) is 0 Å². The van der Waals surface area contributed by atoms with E-state index in [1.165, 1.54) is 11.3 Å². The van der Waals surface area contributed by atoms with Gasteiger partial charge in [-0.1, -0.05) is 23.7 Å². The van der Waals surface area contributed by atoms with Gasteiger partial charge >= 0.3 is 0 Å². The second-order valence-electron chi connectivity index (χ2n) is 6.13. The number of rotatable bonds is 4. The summed E-state index contributed by atoms with van der Waals surface area (Å²) in [6, 6.07) is 9.35. The molecule has 4 rings (SSSR count). The molecule has 0 unspecified atom stereocenters. The molecule has 3 aromatic rings. The van der Waals surface area contributed by atoms with Gasteiger partial charge in [-0.2, -0.15) is 0 Å². The van der Waals surface area contributed by atoms with Gasteiger partial charge in [-0.3, -0.25) is 9.78 Å². The summed E-state index contributed by atoms with van der Waals surface area (Å²) in [5, 5.41) is 9.51. The number of piperazine rings is 1. The monoisotopic (exact) mass is 399 g/mol. The number of anilines is 2. The molecule has 3 heterocycles. The molecule has 0 atom stereocenters. The summed E-state index contributed by atoms with van der Waals surface area (Å²) in [7, 11) is 0. The number of benzene rings is 1. The van der Waals surface area contributed by atoms with E-state index in [2.05, 4.69) is 25.5 Å². The van der Waals surface area contributed by atoms with Crippen LogP contribution in [0.25, 0.3) is 10.6 Å². The van der Waals surface area contributed by atoms with Crippen molar-refractivity contribution < 1.29 is 4.79 Å². The van der Waals surface area contributed by atoms with Gasteiger partial charge in [0, 0.05) is 48.3 Å². The number of carbonyl (C=O) groups is 1. The lowest BCUT2D eigenvalue weighted by atomic mass is 10.2. The number of amides is 1. The lowest BCUT2D eigenvalue weighted by Crippen LogP contribution is -2.43. The lowest BCUT2D eigenvalue weighted by Gasteiger charge is -2.30. The van der Waals surface area contributed by atoms with E-state index in [1.54, 1.807) is 17.8 Å². The maximum Gasteiger partial charge on any atom is 0.275 e. The Hall–Kier alpha value is -2.48. The van der Waals surface area contributed by atoms with Crippen LogP contribution in [0.4, 0.5) is 11.4 Å². The average molecular weight is 400 g/mol. The van der Waals surface area contributed by atoms with Gasteiger partial charge in [0.05, 0.1) is 17.6 Å². The molecule has 1 amide bonds. The molecular weight excluding hydrogens is 382 g/mol. The van der Waals surface area contributed by atoms with E-state index < -0.39 is 0 Å². The molecule has 0 aliphatic carbocycles. The molecule has 0 bridgehead atoms. The molecule has 2 aromatic heterocycles. The third-order valence-electron chi connectivity index (χ3n) is 4.33. The average Bonchev–Trinajstić information content (AvgIpc) is 3.20. The minimum atomic E-state index is -0.240. The molecule has 1 aromatic carbocycles. The topological polar surface area (TPSA) is 70.2 Å². The first-order chi connectivity index (χ1) is 13.2. The third kappa shape index (κ3) is 4.10. The molecule has 1 fully saturated rings. The Balaban J connectivity index is 1.52. The summed E-state index contributed by atoms with van der Waals surface area (Å²) in [6.07, 6.45) is 3.43. The van der Waals surface area contributed by atoms with Gasteiger partial charge < -0.3 is 15.5 Å². The van der Waals surface area contributed by atoms with Gasteiger partial charge in [-0.05, 0) is 18.2 Å². The summed E-state index contributed by atoms with van der Waals surface area (Å²) in [5.41, 5.74) is 3.00. The van der Waals surface area contributed by atoms with Gasteiger partial charge in [0.25, 0.3) is 5.91 Å².